The highest BCUT2D eigenvalue weighted by molar-refractivity contribution is 7.99. The molecule has 1 fully saturated rings. The molecule has 5 nitrogen and oxygen atoms in total. The van der Waals surface area contributed by atoms with E-state index in [1.54, 1.807) is 37.1 Å². The number of aromatic nitrogens is 2. The summed E-state index contributed by atoms with van der Waals surface area (Å²) in [5.74, 6) is 2.53. The first-order valence-corrected chi connectivity index (χ1v) is 10.5. The number of methoxy groups -OCH3 is 1. The first-order chi connectivity index (χ1) is 13.6. The van der Waals surface area contributed by atoms with Gasteiger partial charge < -0.3 is 10.1 Å². The summed E-state index contributed by atoms with van der Waals surface area (Å²) in [6.07, 6.45) is 2.68. The fourth-order valence-electron chi connectivity index (χ4n) is 2.93. The van der Waals surface area contributed by atoms with E-state index in [1.807, 2.05) is 24.3 Å². The fourth-order valence-corrected chi connectivity index (χ4v) is 4.07. The average Bonchev–Trinajstić information content (AvgIpc) is 3.53. The number of anilines is 1. The summed E-state index contributed by atoms with van der Waals surface area (Å²) in [5, 5.41) is 5.40. The highest BCUT2D eigenvalue weighted by Crippen LogP contribution is 2.40. The minimum Gasteiger partial charge on any atom is -0.495 e. The van der Waals surface area contributed by atoms with Crippen LogP contribution in [0.3, 0.4) is 0 Å². The van der Waals surface area contributed by atoms with Crippen LogP contribution in [0.4, 0.5) is 5.69 Å². The molecule has 28 heavy (non-hydrogen) atoms. The second-order valence-electron chi connectivity index (χ2n) is 6.67. The maximum atomic E-state index is 12.4. The standard InChI is InChI=1S/C21H20ClN3O2S/c1-27-18-9-8-14(22)12-17(18)23-19(26)10-11-28-21-15-4-2-3-5-16(15)24-20(25-21)13-6-7-13/h2-5,8-9,12-13H,6-7,10-11H2,1H3,(H,23,26). The molecule has 1 aliphatic carbocycles. The van der Waals surface area contributed by atoms with Crippen LogP contribution in [0.5, 0.6) is 5.75 Å². The minimum atomic E-state index is -0.0890. The van der Waals surface area contributed by atoms with Gasteiger partial charge in [-0.2, -0.15) is 0 Å². The summed E-state index contributed by atoms with van der Waals surface area (Å²) in [5.41, 5.74) is 1.54. The summed E-state index contributed by atoms with van der Waals surface area (Å²) >= 11 is 7.61. The highest BCUT2D eigenvalue weighted by Gasteiger charge is 2.27. The van der Waals surface area contributed by atoms with Gasteiger partial charge in [-0.1, -0.05) is 29.8 Å². The number of fused-ring (bicyclic) bond motifs is 1. The van der Waals surface area contributed by atoms with Crippen LogP contribution in [-0.4, -0.2) is 28.7 Å². The maximum absolute atomic E-state index is 12.4. The van der Waals surface area contributed by atoms with Crippen molar-refractivity contribution in [3.05, 3.63) is 53.3 Å². The predicted octanol–water partition coefficient (Wildman–Crippen LogP) is 5.29. The molecule has 2 aromatic carbocycles. The highest BCUT2D eigenvalue weighted by atomic mass is 35.5. The zero-order valence-electron chi connectivity index (χ0n) is 15.4. The molecule has 1 N–H and O–H groups in total. The molecule has 0 bridgehead atoms. The number of ether oxygens (including phenoxy) is 1. The van der Waals surface area contributed by atoms with Gasteiger partial charge in [-0.05, 0) is 37.1 Å². The number of nitrogens with zero attached hydrogens (tertiary/aromatic N) is 2. The first kappa shape index (κ1) is 19.0. The number of para-hydroxylation sites is 1. The van der Waals surface area contributed by atoms with Crippen molar-refractivity contribution in [3.63, 3.8) is 0 Å². The van der Waals surface area contributed by atoms with Gasteiger partial charge in [0.1, 0.15) is 16.6 Å². The second kappa shape index (κ2) is 8.37. The number of carbonyl (C=O) groups excluding carboxylic acids is 1. The summed E-state index contributed by atoms with van der Waals surface area (Å²) in [4.78, 5) is 21.8. The summed E-state index contributed by atoms with van der Waals surface area (Å²) in [6, 6.07) is 13.2. The zero-order valence-corrected chi connectivity index (χ0v) is 17.0. The van der Waals surface area contributed by atoms with Crippen molar-refractivity contribution in [1.82, 2.24) is 9.97 Å². The van der Waals surface area contributed by atoms with Crippen LogP contribution >= 0.6 is 23.4 Å². The number of carbonyl (C=O) groups is 1. The first-order valence-electron chi connectivity index (χ1n) is 9.17. The van der Waals surface area contributed by atoms with E-state index >= 15 is 0 Å². The smallest absolute Gasteiger partial charge is 0.225 e. The topological polar surface area (TPSA) is 64.1 Å². The van der Waals surface area contributed by atoms with Crippen LogP contribution in [0, 0.1) is 0 Å². The Bertz CT molecular complexity index is 1020. The van der Waals surface area contributed by atoms with Crippen molar-refractivity contribution >= 4 is 45.9 Å². The molecule has 0 radical (unpaired) electrons. The Labute approximate surface area is 172 Å². The van der Waals surface area contributed by atoms with Crippen molar-refractivity contribution in [2.45, 2.75) is 30.2 Å². The summed E-state index contributed by atoms with van der Waals surface area (Å²) in [7, 11) is 1.56. The van der Waals surface area contributed by atoms with E-state index in [4.69, 9.17) is 26.3 Å². The van der Waals surface area contributed by atoms with E-state index in [1.165, 1.54) is 0 Å². The number of halogens is 1. The molecule has 1 amide bonds. The summed E-state index contributed by atoms with van der Waals surface area (Å²) in [6.45, 7) is 0. The van der Waals surface area contributed by atoms with Gasteiger partial charge >= 0.3 is 0 Å². The van der Waals surface area contributed by atoms with E-state index in [2.05, 4.69) is 5.32 Å². The van der Waals surface area contributed by atoms with Gasteiger partial charge in [-0.15, -0.1) is 11.8 Å². The molecule has 0 spiro atoms. The lowest BCUT2D eigenvalue weighted by Crippen LogP contribution is -2.13. The fraction of sp³-hybridized carbons (Fsp3) is 0.286. The molecule has 1 aromatic heterocycles. The van der Waals surface area contributed by atoms with Gasteiger partial charge in [0.2, 0.25) is 5.91 Å². The largest absolute Gasteiger partial charge is 0.495 e. The SMILES string of the molecule is COc1ccc(Cl)cc1NC(=O)CCSc1nc(C2CC2)nc2ccccc12. The second-order valence-corrected chi connectivity index (χ2v) is 8.19. The Balaban J connectivity index is 1.42. The molecular weight excluding hydrogens is 394 g/mol. The number of hydrogen-bond acceptors (Lipinski definition) is 5. The van der Waals surface area contributed by atoms with E-state index < -0.39 is 0 Å². The lowest BCUT2D eigenvalue weighted by atomic mass is 10.2. The van der Waals surface area contributed by atoms with Crippen LogP contribution in [0.15, 0.2) is 47.5 Å². The Kier molecular flexibility index (Phi) is 5.69. The van der Waals surface area contributed by atoms with E-state index in [0.29, 0.717) is 34.6 Å². The molecule has 0 atom stereocenters. The molecule has 4 rings (SSSR count). The molecule has 0 aliphatic heterocycles. The molecule has 144 valence electrons. The Morgan fingerprint density at radius 1 is 1.25 bits per heavy atom. The van der Waals surface area contributed by atoms with E-state index in [-0.39, 0.29) is 5.91 Å². The van der Waals surface area contributed by atoms with Crippen molar-refractivity contribution in [2.75, 3.05) is 18.2 Å². The van der Waals surface area contributed by atoms with E-state index in [0.717, 1.165) is 34.6 Å². The Hall–Kier alpha value is -2.31. The van der Waals surface area contributed by atoms with Gasteiger partial charge in [0, 0.05) is 28.5 Å². The average molecular weight is 414 g/mol. The molecule has 0 saturated heterocycles. The number of hydrogen-bond donors (Lipinski definition) is 1. The summed E-state index contributed by atoms with van der Waals surface area (Å²) < 4.78 is 5.27. The van der Waals surface area contributed by atoms with Gasteiger partial charge in [0.05, 0.1) is 18.3 Å². The number of rotatable bonds is 7. The molecule has 1 aliphatic rings. The molecular formula is C21H20ClN3O2S. The normalized spacial score (nSPS) is 13.5. The Morgan fingerprint density at radius 3 is 2.86 bits per heavy atom. The minimum absolute atomic E-state index is 0.0890. The maximum Gasteiger partial charge on any atom is 0.225 e. The lowest BCUT2D eigenvalue weighted by molar-refractivity contribution is -0.115. The molecule has 3 aromatic rings. The lowest BCUT2D eigenvalue weighted by Gasteiger charge is -2.11. The third kappa shape index (κ3) is 4.39. The van der Waals surface area contributed by atoms with Gasteiger partial charge in [0.15, 0.2) is 0 Å². The van der Waals surface area contributed by atoms with Crippen LogP contribution in [0.1, 0.15) is 31.0 Å². The van der Waals surface area contributed by atoms with Crippen LogP contribution in [0.25, 0.3) is 10.9 Å². The van der Waals surface area contributed by atoms with Crippen LogP contribution in [0.2, 0.25) is 5.02 Å². The van der Waals surface area contributed by atoms with Crippen LogP contribution < -0.4 is 10.1 Å². The quantitative estimate of drug-likeness (QED) is 0.421. The Morgan fingerprint density at radius 2 is 2.07 bits per heavy atom. The number of nitrogens with one attached hydrogen (secondary N) is 1. The third-order valence-electron chi connectivity index (χ3n) is 4.53. The molecule has 1 heterocycles. The van der Waals surface area contributed by atoms with Gasteiger partial charge in [-0.25, -0.2) is 9.97 Å². The monoisotopic (exact) mass is 413 g/mol. The van der Waals surface area contributed by atoms with Crippen molar-refractivity contribution < 1.29 is 9.53 Å². The van der Waals surface area contributed by atoms with Crippen molar-refractivity contribution in [1.29, 1.82) is 0 Å². The van der Waals surface area contributed by atoms with E-state index in [9.17, 15) is 4.79 Å². The van der Waals surface area contributed by atoms with Crippen molar-refractivity contribution in [2.24, 2.45) is 0 Å². The molecule has 1 saturated carbocycles. The number of amides is 1. The third-order valence-corrected chi connectivity index (χ3v) is 5.76. The zero-order chi connectivity index (χ0) is 19.5. The van der Waals surface area contributed by atoms with Gasteiger partial charge in [-0.3, -0.25) is 4.79 Å². The predicted molar refractivity (Wildman–Crippen MR) is 113 cm³/mol. The number of benzene rings is 2. The molecule has 7 heteroatoms. The van der Waals surface area contributed by atoms with Gasteiger partial charge in [0.25, 0.3) is 0 Å². The van der Waals surface area contributed by atoms with Crippen molar-refractivity contribution in [3.8, 4) is 5.75 Å². The van der Waals surface area contributed by atoms with Crippen LogP contribution in [-0.2, 0) is 4.79 Å². The number of thioether (sulfide) groups is 1. The molecule has 0 unspecified atom stereocenters.